The quantitative estimate of drug-likeness (QED) is 0.791. The molecule has 0 spiro atoms. The molecule has 0 atom stereocenters. The second-order valence-corrected chi connectivity index (χ2v) is 3.77. The smallest absolute Gasteiger partial charge is 0.317 e. The molecule has 0 amide bonds. The number of aliphatic carboxylic acids is 1. The first kappa shape index (κ1) is 12.7. The summed E-state index contributed by atoms with van der Waals surface area (Å²) in [6.45, 7) is 1.21. The normalized spacial score (nSPS) is 10.7. The number of nitrogens with zero attached hydrogens (tertiary/aromatic N) is 1. The molecule has 88 valence electrons. The number of carbonyl (C=O) groups is 1. The molecule has 0 bridgehead atoms. The summed E-state index contributed by atoms with van der Waals surface area (Å²) in [7, 11) is 3.44. The highest BCUT2D eigenvalue weighted by atomic mass is 16.5. The highest BCUT2D eigenvalue weighted by Gasteiger charge is 2.07. The zero-order chi connectivity index (χ0) is 12.0. The van der Waals surface area contributed by atoms with Gasteiger partial charge in [-0.3, -0.25) is 9.69 Å². The Morgan fingerprint density at radius 1 is 1.38 bits per heavy atom. The summed E-state index contributed by atoms with van der Waals surface area (Å²) < 4.78 is 5.10. The van der Waals surface area contributed by atoms with Gasteiger partial charge in [0.25, 0.3) is 0 Å². The molecule has 0 aliphatic heterocycles. The average Bonchev–Trinajstić information content (AvgIpc) is 2.20. The molecule has 4 heteroatoms. The highest BCUT2D eigenvalue weighted by Crippen LogP contribution is 2.11. The van der Waals surface area contributed by atoms with Gasteiger partial charge in [0.1, 0.15) is 0 Å². The van der Waals surface area contributed by atoms with Crippen LogP contribution < -0.4 is 0 Å². The fourth-order valence-electron chi connectivity index (χ4n) is 1.59. The van der Waals surface area contributed by atoms with E-state index >= 15 is 0 Å². The van der Waals surface area contributed by atoms with E-state index in [0.29, 0.717) is 13.2 Å². The van der Waals surface area contributed by atoms with Gasteiger partial charge in [0.2, 0.25) is 0 Å². The van der Waals surface area contributed by atoms with Crippen LogP contribution in [0.25, 0.3) is 0 Å². The van der Waals surface area contributed by atoms with Gasteiger partial charge in [-0.2, -0.15) is 0 Å². The van der Waals surface area contributed by atoms with Gasteiger partial charge in [0.15, 0.2) is 0 Å². The molecule has 1 aromatic rings. The molecule has 0 radical (unpaired) electrons. The van der Waals surface area contributed by atoms with E-state index < -0.39 is 5.97 Å². The summed E-state index contributed by atoms with van der Waals surface area (Å²) in [5, 5.41) is 8.67. The van der Waals surface area contributed by atoms with Crippen molar-refractivity contribution in [3.63, 3.8) is 0 Å². The molecule has 0 aromatic heterocycles. The van der Waals surface area contributed by atoms with Gasteiger partial charge in [-0.1, -0.05) is 24.3 Å². The summed E-state index contributed by atoms with van der Waals surface area (Å²) in [5.74, 6) is -0.813. The second-order valence-electron chi connectivity index (χ2n) is 3.77. The molecule has 0 fully saturated rings. The Kier molecular flexibility index (Phi) is 4.95. The van der Waals surface area contributed by atoms with Crippen molar-refractivity contribution >= 4 is 5.97 Å². The highest BCUT2D eigenvalue weighted by molar-refractivity contribution is 5.69. The SMILES string of the molecule is COCc1ccccc1CN(C)CC(=O)O. The molecule has 0 heterocycles. The first-order valence-corrected chi connectivity index (χ1v) is 5.09. The minimum Gasteiger partial charge on any atom is -0.480 e. The maximum absolute atomic E-state index is 10.5. The third kappa shape index (κ3) is 4.00. The van der Waals surface area contributed by atoms with Gasteiger partial charge < -0.3 is 9.84 Å². The van der Waals surface area contributed by atoms with Crippen LogP contribution in [0.2, 0.25) is 0 Å². The van der Waals surface area contributed by atoms with Crippen molar-refractivity contribution in [2.45, 2.75) is 13.2 Å². The molecule has 0 aliphatic carbocycles. The molecule has 0 saturated carbocycles. The van der Waals surface area contributed by atoms with Crippen molar-refractivity contribution < 1.29 is 14.6 Å². The standard InChI is InChI=1S/C12H17NO3/c1-13(8-12(14)15)7-10-5-3-4-6-11(10)9-16-2/h3-6H,7-9H2,1-2H3,(H,14,15). The fourth-order valence-corrected chi connectivity index (χ4v) is 1.59. The molecule has 0 saturated heterocycles. The molecule has 4 nitrogen and oxygen atoms in total. The maximum atomic E-state index is 10.5. The van der Waals surface area contributed by atoms with Crippen LogP contribution in [0.15, 0.2) is 24.3 Å². The van der Waals surface area contributed by atoms with E-state index in [1.54, 1.807) is 19.1 Å². The lowest BCUT2D eigenvalue weighted by Crippen LogP contribution is -2.25. The second kappa shape index (κ2) is 6.25. The van der Waals surface area contributed by atoms with E-state index in [4.69, 9.17) is 9.84 Å². The predicted molar refractivity (Wildman–Crippen MR) is 61.1 cm³/mol. The predicted octanol–water partition coefficient (Wildman–Crippen LogP) is 1.35. The molecule has 0 aliphatic rings. The Labute approximate surface area is 95.5 Å². The first-order chi connectivity index (χ1) is 7.63. The third-order valence-electron chi connectivity index (χ3n) is 2.26. The molecular formula is C12H17NO3. The molecular weight excluding hydrogens is 206 g/mol. The molecule has 0 unspecified atom stereocenters. The van der Waals surface area contributed by atoms with E-state index in [1.807, 2.05) is 24.3 Å². The minimum atomic E-state index is -0.813. The average molecular weight is 223 g/mol. The van der Waals surface area contributed by atoms with Crippen LogP contribution in [0.4, 0.5) is 0 Å². The van der Waals surface area contributed by atoms with E-state index in [-0.39, 0.29) is 6.54 Å². The summed E-state index contributed by atoms with van der Waals surface area (Å²) >= 11 is 0. The van der Waals surface area contributed by atoms with Crippen molar-refractivity contribution in [1.82, 2.24) is 4.90 Å². The molecule has 16 heavy (non-hydrogen) atoms. The number of hydrogen-bond acceptors (Lipinski definition) is 3. The van der Waals surface area contributed by atoms with Gasteiger partial charge in [-0.15, -0.1) is 0 Å². The first-order valence-electron chi connectivity index (χ1n) is 5.09. The summed E-state index contributed by atoms with van der Waals surface area (Å²) in [4.78, 5) is 12.3. The maximum Gasteiger partial charge on any atom is 0.317 e. The van der Waals surface area contributed by atoms with E-state index in [9.17, 15) is 4.79 Å². The molecule has 1 rings (SSSR count). The number of benzene rings is 1. The fraction of sp³-hybridized carbons (Fsp3) is 0.417. The van der Waals surface area contributed by atoms with Crippen molar-refractivity contribution in [2.75, 3.05) is 20.7 Å². The van der Waals surface area contributed by atoms with Gasteiger partial charge in [0.05, 0.1) is 13.2 Å². The Morgan fingerprint density at radius 2 is 2.00 bits per heavy atom. The van der Waals surface area contributed by atoms with Crippen LogP contribution in [0.1, 0.15) is 11.1 Å². The molecule has 1 N–H and O–H groups in total. The van der Waals surface area contributed by atoms with Crippen LogP contribution in [0, 0.1) is 0 Å². The van der Waals surface area contributed by atoms with Crippen LogP contribution in [-0.2, 0) is 22.7 Å². The van der Waals surface area contributed by atoms with Crippen molar-refractivity contribution in [3.05, 3.63) is 35.4 Å². The number of likely N-dealkylation sites (N-methyl/N-ethyl adjacent to an activating group) is 1. The summed E-state index contributed by atoms with van der Waals surface area (Å²) in [6.07, 6.45) is 0. The monoisotopic (exact) mass is 223 g/mol. The van der Waals surface area contributed by atoms with Crippen molar-refractivity contribution in [2.24, 2.45) is 0 Å². The number of methoxy groups -OCH3 is 1. The van der Waals surface area contributed by atoms with Crippen LogP contribution in [-0.4, -0.2) is 36.7 Å². The van der Waals surface area contributed by atoms with E-state index in [0.717, 1.165) is 11.1 Å². The Bertz CT molecular complexity index is 352. The van der Waals surface area contributed by atoms with Crippen LogP contribution in [0.5, 0.6) is 0 Å². The van der Waals surface area contributed by atoms with Gasteiger partial charge in [0, 0.05) is 13.7 Å². The van der Waals surface area contributed by atoms with Gasteiger partial charge >= 0.3 is 5.97 Å². The van der Waals surface area contributed by atoms with Gasteiger partial charge in [-0.05, 0) is 18.2 Å². The third-order valence-corrected chi connectivity index (χ3v) is 2.26. The molecule has 1 aromatic carbocycles. The summed E-state index contributed by atoms with van der Waals surface area (Å²) in [6, 6.07) is 7.89. The number of rotatable bonds is 6. The Balaban J connectivity index is 2.68. The Morgan fingerprint density at radius 3 is 2.56 bits per heavy atom. The lowest BCUT2D eigenvalue weighted by atomic mass is 10.1. The van der Waals surface area contributed by atoms with E-state index in [1.165, 1.54) is 0 Å². The zero-order valence-electron chi connectivity index (χ0n) is 9.64. The van der Waals surface area contributed by atoms with Crippen molar-refractivity contribution in [3.8, 4) is 0 Å². The lowest BCUT2D eigenvalue weighted by Gasteiger charge is -2.16. The van der Waals surface area contributed by atoms with Gasteiger partial charge in [-0.25, -0.2) is 0 Å². The number of carboxylic acids is 1. The summed E-state index contributed by atoms with van der Waals surface area (Å²) in [5.41, 5.74) is 2.20. The largest absolute Gasteiger partial charge is 0.480 e. The van der Waals surface area contributed by atoms with E-state index in [2.05, 4.69) is 0 Å². The lowest BCUT2D eigenvalue weighted by molar-refractivity contribution is -0.138. The van der Waals surface area contributed by atoms with Crippen molar-refractivity contribution in [1.29, 1.82) is 0 Å². The number of carboxylic acid groups (broad SMARTS) is 1. The number of hydrogen-bond donors (Lipinski definition) is 1. The Hall–Kier alpha value is -1.39. The van der Waals surface area contributed by atoms with Crippen LogP contribution >= 0.6 is 0 Å². The topological polar surface area (TPSA) is 49.8 Å². The zero-order valence-corrected chi connectivity index (χ0v) is 9.64. The van der Waals surface area contributed by atoms with Crippen LogP contribution in [0.3, 0.4) is 0 Å². The minimum absolute atomic E-state index is 0.0430. The number of ether oxygens (including phenoxy) is 1.